The molecule has 2 aromatic carbocycles. The highest BCUT2D eigenvalue weighted by molar-refractivity contribution is 5.57. The van der Waals surface area contributed by atoms with Crippen LogP contribution in [0.25, 0.3) is 11.4 Å². The van der Waals surface area contributed by atoms with Gasteiger partial charge in [0, 0.05) is 11.6 Å². The first-order chi connectivity index (χ1) is 17.8. The zero-order valence-electron chi connectivity index (χ0n) is 21.6. The van der Waals surface area contributed by atoms with Crippen molar-refractivity contribution in [2.45, 2.75) is 58.7 Å². The number of rotatable bonds is 11. The summed E-state index contributed by atoms with van der Waals surface area (Å²) in [4.78, 5) is 8.90. The van der Waals surface area contributed by atoms with Crippen molar-refractivity contribution in [3.8, 4) is 23.0 Å². The minimum Gasteiger partial charge on any atom is -0.497 e. The number of aliphatic hydroxyl groups is 1. The van der Waals surface area contributed by atoms with Crippen LogP contribution in [0.2, 0.25) is 0 Å². The SMILES string of the molecule is CCc1ccc(C(C)(O)CCCc2n[nH]nc2-c2cc(OCc3ccc(OC)cc3)nc(C)n2)c(F)c1. The van der Waals surface area contributed by atoms with Gasteiger partial charge in [0.25, 0.3) is 0 Å². The van der Waals surface area contributed by atoms with Gasteiger partial charge in [0.05, 0.1) is 24.1 Å². The van der Waals surface area contributed by atoms with Gasteiger partial charge in [-0.25, -0.2) is 9.37 Å². The summed E-state index contributed by atoms with van der Waals surface area (Å²) < 4.78 is 25.7. The van der Waals surface area contributed by atoms with Gasteiger partial charge in [-0.05, 0) is 68.9 Å². The molecule has 0 amide bonds. The number of methoxy groups -OCH3 is 1. The highest BCUT2D eigenvalue weighted by Gasteiger charge is 2.26. The first-order valence-corrected chi connectivity index (χ1v) is 12.3. The number of nitrogens with zero attached hydrogens (tertiary/aromatic N) is 4. The first kappa shape index (κ1) is 26.2. The minimum atomic E-state index is -1.30. The average molecular weight is 506 g/mol. The molecule has 0 aliphatic heterocycles. The van der Waals surface area contributed by atoms with E-state index in [1.807, 2.05) is 37.3 Å². The van der Waals surface area contributed by atoms with Crippen molar-refractivity contribution in [1.82, 2.24) is 25.4 Å². The second-order valence-corrected chi connectivity index (χ2v) is 9.19. The quantitative estimate of drug-likeness (QED) is 0.292. The molecule has 0 aliphatic rings. The van der Waals surface area contributed by atoms with E-state index in [1.165, 1.54) is 6.07 Å². The monoisotopic (exact) mass is 505 g/mol. The predicted molar refractivity (Wildman–Crippen MR) is 138 cm³/mol. The number of hydrogen-bond acceptors (Lipinski definition) is 7. The third-order valence-electron chi connectivity index (χ3n) is 6.32. The zero-order valence-corrected chi connectivity index (χ0v) is 21.6. The Hall–Kier alpha value is -3.85. The predicted octanol–water partition coefficient (Wildman–Crippen LogP) is 5.09. The number of ether oxygens (including phenoxy) is 2. The van der Waals surface area contributed by atoms with Crippen molar-refractivity contribution in [3.05, 3.63) is 82.6 Å². The Morgan fingerprint density at radius 2 is 1.78 bits per heavy atom. The molecule has 1 atom stereocenters. The Bertz CT molecular complexity index is 1340. The lowest BCUT2D eigenvalue weighted by Crippen LogP contribution is -2.23. The van der Waals surface area contributed by atoms with Crippen LogP contribution in [-0.2, 0) is 25.0 Å². The fraction of sp³-hybridized carbons (Fsp3) is 0.357. The van der Waals surface area contributed by atoms with Gasteiger partial charge in [-0.15, -0.1) is 0 Å². The fourth-order valence-electron chi connectivity index (χ4n) is 4.20. The molecular formula is C28H32FN5O3. The number of nitrogens with one attached hydrogen (secondary N) is 1. The second kappa shape index (κ2) is 11.5. The van der Waals surface area contributed by atoms with Crippen LogP contribution >= 0.6 is 0 Å². The number of aromatic nitrogens is 5. The number of hydrogen-bond donors (Lipinski definition) is 2. The second-order valence-electron chi connectivity index (χ2n) is 9.19. The van der Waals surface area contributed by atoms with Gasteiger partial charge in [-0.3, -0.25) is 0 Å². The van der Waals surface area contributed by atoms with Crippen LogP contribution in [0.1, 0.15) is 54.9 Å². The summed E-state index contributed by atoms with van der Waals surface area (Å²) in [5.41, 5.74) is 2.78. The molecule has 0 bridgehead atoms. The first-order valence-electron chi connectivity index (χ1n) is 12.3. The zero-order chi connectivity index (χ0) is 26.4. The van der Waals surface area contributed by atoms with Crippen LogP contribution in [0, 0.1) is 12.7 Å². The average Bonchev–Trinajstić information content (AvgIpc) is 3.35. The molecule has 0 spiro atoms. The van der Waals surface area contributed by atoms with Crippen LogP contribution in [0.3, 0.4) is 0 Å². The number of aryl methyl sites for hydroxylation is 3. The van der Waals surface area contributed by atoms with E-state index in [2.05, 4.69) is 25.4 Å². The highest BCUT2D eigenvalue weighted by Crippen LogP contribution is 2.30. The maximum atomic E-state index is 14.6. The lowest BCUT2D eigenvalue weighted by Gasteiger charge is -2.24. The van der Waals surface area contributed by atoms with Crippen LogP contribution in [0.5, 0.6) is 11.6 Å². The largest absolute Gasteiger partial charge is 0.497 e. The van der Waals surface area contributed by atoms with Crippen molar-refractivity contribution >= 4 is 0 Å². The molecule has 4 aromatic rings. The van der Waals surface area contributed by atoms with Gasteiger partial charge in [-0.2, -0.15) is 20.4 Å². The Morgan fingerprint density at radius 3 is 2.49 bits per heavy atom. The van der Waals surface area contributed by atoms with E-state index >= 15 is 0 Å². The summed E-state index contributed by atoms with van der Waals surface area (Å²) in [6.45, 7) is 5.74. The molecule has 0 saturated carbocycles. The van der Waals surface area contributed by atoms with E-state index < -0.39 is 5.60 Å². The van der Waals surface area contributed by atoms with E-state index in [4.69, 9.17) is 9.47 Å². The Kier molecular flexibility index (Phi) is 8.13. The van der Waals surface area contributed by atoms with Gasteiger partial charge >= 0.3 is 0 Å². The Balaban J connectivity index is 1.42. The maximum absolute atomic E-state index is 14.6. The molecule has 0 fully saturated rings. The molecule has 9 heteroatoms. The summed E-state index contributed by atoms with van der Waals surface area (Å²) in [7, 11) is 1.63. The molecule has 194 valence electrons. The van der Waals surface area contributed by atoms with Gasteiger partial charge in [0.1, 0.15) is 29.7 Å². The number of halogens is 1. The van der Waals surface area contributed by atoms with Crippen molar-refractivity contribution in [3.63, 3.8) is 0 Å². The van der Waals surface area contributed by atoms with Gasteiger partial charge < -0.3 is 14.6 Å². The number of aromatic amines is 1. The molecule has 37 heavy (non-hydrogen) atoms. The van der Waals surface area contributed by atoms with Crippen LogP contribution in [-0.4, -0.2) is 37.6 Å². The van der Waals surface area contributed by atoms with Crippen molar-refractivity contribution in [1.29, 1.82) is 0 Å². The topological polar surface area (TPSA) is 106 Å². The Labute approximate surface area is 215 Å². The van der Waals surface area contributed by atoms with E-state index in [0.29, 0.717) is 60.2 Å². The third kappa shape index (κ3) is 6.48. The van der Waals surface area contributed by atoms with Crippen molar-refractivity contribution < 1.29 is 19.0 Å². The molecule has 8 nitrogen and oxygen atoms in total. The van der Waals surface area contributed by atoms with Crippen LogP contribution in [0.4, 0.5) is 4.39 Å². The van der Waals surface area contributed by atoms with Gasteiger partial charge in [0.15, 0.2) is 0 Å². The summed E-state index contributed by atoms with van der Waals surface area (Å²) in [5.74, 6) is 1.37. The van der Waals surface area contributed by atoms with E-state index in [1.54, 1.807) is 33.1 Å². The van der Waals surface area contributed by atoms with Gasteiger partial charge in [-0.1, -0.05) is 31.2 Å². The fourth-order valence-corrected chi connectivity index (χ4v) is 4.20. The molecule has 0 aliphatic carbocycles. The van der Waals surface area contributed by atoms with E-state index in [-0.39, 0.29) is 5.82 Å². The summed E-state index contributed by atoms with van der Waals surface area (Å²) in [6.07, 6.45) is 2.21. The summed E-state index contributed by atoms with van der Waals surface area (Å²) in [5, 5.41) is 22.2. The Morgan fingerprint density at radius 1 is 1.03 bits per heavy atom. The molecule has 4 rings (SSSR count). The standard InChI is InChI=1S/C28H32FN5O3/c1-5-19-10-13-22(23(29)15-19)28(3,35)14-6-7-24-27(33-34-32-24)25-16-26(31-18(2)30-25)37-17-20-8-11-21(36-4)12-9-20/h8-13,15-16,35H,5-7,14,17H2,1-4H3,(H,32,33,34). The summed E-state index contributed by atoms with van der Waals surface area (Å²) in [6, 6.07) is 14.4. The van der Waals surface area contributed by atoms with Crippen LogP contribution in [0.15, 0.2) is 48.5 Å². The lowest BCUT2D eigenvalue weighted by atomic mass is 9.89. The molecule has 1 unspecified atom stereocenters. The van der Waals surface area contributed by atoms with E-state index in [0.717, 1.165) is 23.3 Å². The molecule has 0 saturated heterocycles. The minimum absolute atomic E-state index is 0.301. The number of benzene rings is 2. The van der Waals surface area contributed by atoms with Crippen molar-refractivity contribution in [2.75, 3.05) is 7.11 Å². The number of H-pyrrole nitrogens is 1. The maximum Gasteiger partial charge on any atom is 0.217 e. The molecular weight excluding hydrogens is 473 g/mol. The van der Waals surface area contributed by atoms with Gasteiger partial charge in [0.2, 0.25) is 5.88 Å². The lowest BCUT2D eigenvalue weighted by molar-refractivity contribution is 0.0419. The smallest absolute Gasteiger partial charge is 0.217 e. The summed E-state index contributed by atoms with van der Waals surface area (Å²) >= 11 is 0. The molecule has 0 radical (unpaired) electrons. The van der Waals surface area contributed by atoms with E-state index in [9.17, 15) is 9.50 Å². The van der Waals surface area contributed by atoms with Crippen molar-refractivity contribution in [2.24, 2.45) is 0 Å². The molecule has 2 heterocycles. The normalized spacial score (nSPS) is 12.8. The van der Waals surface area contributed by atoms with Crippen LogP contribution < -0.4 is 9.47 Å². The molecule has 2 aromatic heterocycles. The highest BCUT2D eigenvalue weighted by atomic mass is 19.1. The molecule has 2 N–H and O–H groups in total. The third-order valence-corrected chi connectivity index (χ3v) is 6.32.